The molecule has 4 atom stereocenters. The number of ether oxygens (including phenoxy) is 5. The van der Waals surface area contributed by atoms with Crippen LogP contribution < -0.4 is 0 Å². The summed E-state index contributed by atoms with van der Waals surface area (Å²) in [7, 11) is 0. The Hall–Kier alpha value is -0.240. The minimum Gasteiger partial charge on any atom is -0.385 e. The lowest BCUT2D eigenvalue weighted by Crippen LogP contribution is -2.61. The van der Waals surface area contributed by atoms with E-state index in [-0.39, 0.29) is 12.7 Å². The zero-order valence-corrected chi connectivity index (χ0v) is 12.0. The summed E-state index contributed by atoms with van der Waals surface area (Å²) in [4.78, 5) is 0. The second-order valence-electron chi connectivity index (χ2n) is 6.71. The first kappa shape index (κ1) is 13.4. The van der Waals surface area contributed by atoms with Gasteiger partial charge >= 0.3 is 0 Å². The molecule has 0 amide bonds. The SMILES string of the molecule is CC1(C)OC[C@]2(OC[C@H]3OC4(CCCC4)O[C@H]3[C@@H]2O)O1. The van der Waals surface area contributed by atoms with Gasteiger partial charge in [0.05, 0.1) is 6.61 Å². The number of hydrogen-bond donors (Lipinski definition) is 1. The standard InChI is InChI=1S/C14H22O6/c1-12(2)17-8-14(20-12)11(15)10-9(7-16-14)18-13(19-10)5-3-4-6-13/h9-11,15H,3-8H2,1-2H3/t9-,10-,11+,14+/m1/s1. The highest BCUT2D eigenvalue weighted by atomic mass is 16.9. The van der Waals surface area contributed by atoms with Gasteiger partial charge in [0, 0.05) is 12.8 Å². The van der Waals surface area contributed by atoms with E-state index in [9.17, 15) is 5.11 Å². The van der Waals surface area contributed by atoms with Crippen LogP contribution in [0, 0.1) is 0 Å². The van der Waals surface area contributed by atoms with E-state index in [2.05, 4.69) is 0 Å². The van der Waals surface area contributed by atoms with E-state index in [1.807, 2.05) is 13.8 Å². The van der Waals surface area contributed by atoms with E-state index < -0.39 is 29.6 Å². The van der Waals surface area contributed by atoms with Crippen molar-refractivity contribution in [1.29, 1.82) is 0 Å². The highest BCUT2D eigenvalue weighted by Crippen LogP contribution is 2.48. The maximum Gasteiger partial charge on any atom is 0.224 e. The van der Waals surface area contributed by atoms with Gasteiger partial charge < -0.3 is 28.8 Å². The van der Waals surface area contributed by atoms with Crippen LogP contribution in [0.25, 0.3) is 0 Å². The summed E-state index contributed by atoms with van der Waals surface area (Å²) in [6.07, 6.45) is 2.47. The van der Waals surface area contributed by atoms with Crippen molar-refractivity contribution in [1.82, 2.24) is 0 Å². The van der Waals surface area contributed by atoms with Crippen LogP contribution >= 0.6 is 0 Å². The van der Waals surface area contributed by atoms with Crippen LogP contribution in [0.5, 0.6) is 0 Å². The molecule has 4 rings (SSSR count). The van der Waals surface area contributed by atoms with Gasteiger partial charge in [0.2, 0.25) is 5.79 Å². The summed E-state index contributed by atoms with van der Waals surface area (Å²) in [5, 5.41) is 10.7. The minimum absolute atomic E-state index is 0.209. The summed E-state index contributed by atoms with van der Waals surface area (Å²) >= 11 is 0. The number of rotatable bonds is 0. The van der Waals surface area contributed by atoms with E-state index in [4.69, 9.17) is 23.7 Å². The zero-order valence-electron chi connectivity index (χ0n) is 12.0. The van der Waals surface area contributed by atoms with Crippen LogP contribution in [0.4, 0.5) is 0 Å². The molecule has 20 heavy (non-hydrogen) atoms. The van der Waals surface area contributed by atoms with Crippen molar-refractivity contribution in [2.24, 2.45) is 0 Å². The molecule has 0 bridgehead atoms. The molecule has 1 aliphatic carbocycles. The lowest BCUT2D eigenvalue weighted by molar-refractivity contribution is -0.326. The van der Waals surface area contributed by atoms with Gasteiger partial charge in [-0.15, -0.1) is 0 Å². The Morgan fingerprint density at radius 1 is 1.05 bits per heavy atom. The second kappa shape index (κ2) is 4.15. The Bertz CT molecular complexity index is 404. The van der Waals surface area contributed by atoms with Crippen molar-refractivity contribution in [2.75, 3.05) is 13.2 Å². The molecule has 0 aromatic rings. The predicted octanol–water partition coefficient (Wildman–Crippen LogP) is 0.911. The fraction of sp³-hybridized carbons (Fsp3) is 1.00. The van der Waals surface area contributed by atoms with Gasteiger partial charge in [0.1, 0.15) is 24.9 Å². The molecule has 6 heteroatoms. The first-order valence-electron chi connectivity index (χ1n) is 7.46. The van der Waals surface area contributed by atoms with E-state index >= 15 is 0 Å². The molecule has 0 aromatic carbocycles. The van der Waals surface area contributed by atoms with Crippen molar-refractivity contribution < 1.29 is 28.8 Å². The normalized spacial score (nSPS) is 49.0. The third kappa shape index (κ3) is 1.86. The first-order valence-corrected chi connectivity index (χ1v) is 7.46. The molecule has 1 saturated carbocycles. The van der Waals surface area contributed by atoms with Crippen LogP contribution in [-0.4, -0.2) is 54.0 Å². The molecule has 1 N–H and O–H groups in total. The van der Waals surface area contributed by atoms with Crippen molar-refractivity contribution >= 4 is 0 Å². The zero-order chi connectivity index (χ0) is 14.0. The van der Waals surface area contributed by atoms with Crippen LogP contribution in [0.2, 0.25) is 0 Å². The number of aliphatic hydroxyl groups is 1. The monoisotopic (exact) mass is 286 g/mol. The van der Waals surface area contributed by atoms with Crippen molar-refractivity contribution in [3.63, 3.8) is 0 Å². The third-order valence-corrected chi connectivity index (χ3v) is 4.74. The first-order chi connectivity index (χ1) is 9.44. The number of hydrogen-bond acceptors (Lipinski definition) is 6. The van der Waals surface area contributed by atoms with E-state index in [0.717, 1.165) is 25.7 Å². The third-order valence-electron chi connectivity index (χ3n) is 4.74. The average Bonchev–Trinajstić information content (AvgIpc) is 3.06. The van der Waals surface area contributed by atoms with Gasteiger partial charge in [-0.25, -0.2) is 0 Å². The van der Waals surface area contributed by atoms with Gasteiger partial charge in [-0.2, -0.15) is 0 Å². The minimum atomic E-state index is -1.13. The second-order valence-corrected chi connectivity index (χ2v) is 6.71. The predicted molar refractivity (Wildman–Crippen MR) is 66.8 cm³/mol. The Labute approximate surface area is 118 Å². The van der Waals surface area contributed by atoms with E-state index in [1.54, 1.807) is 0 Å². The fourth-order valence-electron chi connectivity index (χ4n) is 3.77. The van der Waals surface area contributed by atoms with E-state index in [1.165, 1.54) is 0 Å². The highest BCUT2D eigenvalue weighted by molar-refractivity contribution is 5.02. The molecule has 2 spiro atoms. The van der Waals surface area contributed by atoms with Gasteiger partial charge in [0.25, 0.3) is 0 Å². The molecule has 6 nitrogen and oxygen atoms in total. The molecular formula is C14H22O6. The average molecular weight is 286 g/mol. The van der Waals surface area contributed by atoms with Crippen LogP contribution in [0.1, 0.15) is 39.5 Å². The Balaban J connectivity index is 1.56. The van der Waals surface area contributed by atoms with Gasteiger partial charge in [-0.1, -0.05) is 0 Å². The molecule has 0 unspecified atom stereocenters. The molecule has 0 aromatic heterocycles. The maximum atomic E-state index is 10.7. The van der Waals surface area contributed by atoms with Gasteiger partial charge in [-0.05, 0) is 26.7 Å². The number of aliphatic hydroxyl groups excluding tert-OH is 1. The smallest absolute Gasteiger partial charge is 0.224 e. The summed E-state index contributed by atoms with van der Waals surface area (Å²) in [5.74, 6) is -2.39. The largest absolute Gasteiger partial charge is 0.385 e. The molecule has 0 radical (unpaired) electrons. The van der Waals surface area contributed by atoms with E-state index in [0.29, 0.717) is 6.61 Å². The van der Waals surface area contributed by atoms with Crippen molar-refractivity contribution in [3.05, 3.63) is 0 Å². The van der Waals surface area contributed by atoms with Gasteiger partial charge in [-0.3, -0.25) is 0 Å². The Morgan fingerprint density at radius 3 is 2.45 bits per heavy atom. The summed E-state index contributed by atoms with van der Waals surface area (Å²) < 4.78 is 29.3. The van der Waals surface area contributed by atoms with Crippen molar-refractivity contribution in [2.45, 2.75) is 75.2 Å². The summed E-state index contributed by atoms with van der Waals surface area (Å²) in [5.41, 5.74) is 0. The molecule has 4 fully saturated rings. The summed E-state index contributed by atoms with van der Waals surface area (Å²) in [6, 6.07) is 0. The highest BCUT2D eigenvalue weighted by Gasteiger charge is 2.63. The molecule has 4 aliphatic rings. The topological polar surface area (TPSA) is 66.4 Å². The Kier molecular flexibility index (Phi) is 2.79. The van der Waals surface area contributed by atoms with Crippen molar-refractivity contribution in [3.8, 4) is 0 Å². The molecule has 3 heterocycles. The fourth-order valence-corrected chi connectivity index (χ4v) is 3.77. The summed E-state index contributed by atoms with van der Waals surface area (Å²) in [6.45, 7) is 4.20. The van der Waals surface area contributed by atoms with Gasteiger partial charge in [0.15, 0.2) is 11.6 Å². The maximum absolute atomic E-state index is 10.7. The Morgan fingerprint density at radius 2 is 1.80 bits per heavy atom. The molecule has 3 aliphatic heterocycles. The lowest BCUT2D eigenvalue weighted by atomic mass is 9.97. The van der Waals surface area contributed by atoms with Crippen LogP contribution in [0.3, 0.4) is 0 Å². The number of fused-ring (bicyclic) bond motifs is 1. The molecular weight excluding hydrogens is 264 g/mol. The molecule has 3 saturated heterocycles. The van der Waals surface area contributed by atoms with Crippen LogP contribution in [-0.2, 0) is 23.7 Å². The lowest BCUT2D eigenvalue weighted by Gasteiger charge is -2.41. The molecule has 114 valence electrons. The van der Waals surface area contributed by atoms with Crippen LogP contribution in [0.15, 0.2) is 0 Å². The quantitative estimate of drug-likeness (QED) is 0.714.